The van der Waals surface area contributed by atoms with E-state index in [9.17, 15) is 10.2 Å². The maximum absolute atomic E-state index is 9.83. The van der Waals surface area contributed by atoms with E-state index in [1.54, 1.807) is 19.2 Å². The van der Waals surface area contributed by atoms with E-state index in [0.717, 1.165) is 11.1 Å². The second-order valence-electron chi connectivity index (χ2n) is 6.47. The Morgan fingerprint density at radius 1 is 1.00 bits per heavy atom. The van der Waals surface area contributed by atoms with Gasteiger partial charge in [-0.1, -0.05) is 44.2 Å². The Morgan fingerprint density at radius 3 is 2.08 bits per heavy atom. The summed E-state index contributed by atoms with van der Waals surface area (Å²) in [5.74, 6) is 0.870. The van der Waals surface area contributed by atoms with Gasteiger partial charge in [0.25, 0.3) is 0 Å². The van der Waals surface area contributed by atoms with Crippen LogP contribution in [0.1, 0.15) is 31.1 Å². The normalized spacial score (nSPS) is 12.9. The molecule has 2 rings (SSSR count). The molecule has 0 aromatic heterocycles. The molecule has 0 spiro atoms. The van der Waals surface area contributed by atoms with Crippen LogP contribution in [0.5, 0.6) is 5.75 Å². The molecule has 6 nitrogen and oxygen atoms in total. The van der Waals surface area contributed by atoms with Crippen LogP contribution in [0.25, 0.3) is 0 Å². The fraction of sp³-hybridized carbons (Fsp3) is 0.400. The second-order valence-corrected chi connectivity index (χ2v) is 6.47. The first-order valence-electron chi connectivity index (χ1n) is 8.63. The summed E-state index contributed by atoms with van der Waals surface area (Å²) in [5, 5.41) is 19.0. The lowest BCUT2D eigenvalue weighted by Gasteiger charge is -2.17. The van der Waals surface area contributed by atoms with Crippen LogP contribution in [0.2, 0.25) is 0 Å². The van der Waals surface area contributed by atoms with E-state index in [2.05, 4.69) is 0 Å². The standard InChI is InChI=1S/C12H20N2O2.C8H11NO/c1-7(2)11(15)5-8-4-9(13)10(14)6-12(8)16-3;9-6-8(10)7-4-2-1-3-5-7/h4,6-7,11,15H,5,13-14H2,1-3H3;1-5,8,10H,6,9H2. The lowest BCUT2D eigenvalue weighted by atomic mass is 9.98. The molecule has 2 unspecified atom stereocenters. The summed E-state index contributed by atoms with van der Waals surface area (Å²) in [6.45, 7) is 4.22. The zero-order valence-electron chi connectivity index (χ0n) is 15.7. The van der Waals surface area contributed by atoms with Crippen LogP contribution in [0.4, 0.5) is 11.4 Å². The van der Waals surface area contributed by atoms with E-state index < -0.39 is 12.2 Å². The fourth-order valence-corrected chi connectivity index (χ4v) is 2.28. The smallest absolute Gasteiger partial charge is 0.124 e. The quantitative estimate of drug-likeness (QED) is 0.501. The van der Waals surface area contributed by atoms with Gasteiger partial charge in [0, 0.05) is 19.0 Å². The minimum absolute atomic E-state index is 0.198. The second kappa shape index (κ2) is 10.7. The monoisotopic (exact) mass is 361 g/mol. The first kappa shape index (κ1) is 21.8. The molecule has 2 aromatic rings. The number of methoxy groups -OCH3 is 1. The molecule has 144 valence electrons. The van der Waals surface area contributed by atoms with Crippen molar-refractivity contribution in [1.82, 2.24) is 0 Å². The number of anilines is 2. The van der Waals surface area contributed by atoms with Crippen molar-refractivity contribution in [2.45, 2.75) is 32.5 Å². The summed E-state index contributed by atoms with van der Waals surface area (Å²) in [6.07, 6.45) is -0.399. The van der Waals surface area contributed by atoms with E-state index >= 15 is 0 Å². The zero-order chi connectivity index (χ0) is 19.7. The number of nitrogens with two attached hydrogens (primary N) is 3. The van der Waals surface area contributed by atoms with Gasteiger partial charge in [0.2, 0.25) is 0 Å². The third-order valence-corrected chi connectivity index (χ3v) is 4.09. The van der Waals surface area contributed by atoms with Crippen LogP contribution in [-0.2, 0) is 6.42 Å². The number of nitrogen functional groups attached to an aromatic ring is 2. The summed E-state index contributed by atoms with van der Waals surface area (Å²) in [6, 6.07) is 12.8. The van der Waals surface area contributed by atoms with Crippen molar-refractivity contribution >= 4 is 11.4 Å². The lowest BCUT2D eigenvalue weighted by molar-refractivity contribution is 0.125. The molecule has 0 aliphatic carbocycles. The van der Waals surface area contributed by atoms with Crippen LogP contribution in [0.3, 0.4) is 0 Å². The largest absolute Gasteiger partial charge is 0.496 e. The maximum atomic E-state index is 9.83. The number of ether oxygens (including phenoxy) is 1. The third-order valence-electron chi connectivity index (χ3n) is 4.09. The molecule has 0 radical (unpaired) electrons. The van der Waals surface area contributed by atoms with E-state index in [0.29, 0.717) is 23.5 Å². The molecule has 0 aliphatic rings. The molecular formula is C20H31N3O3. The molecule has 26 heavy (non-hydrogen) atoms. The van der Waals surface area contributed by atoms with Crippen molar-refractivity contribution in [2.24, 2.45) is 11.7 Å². The van der Waals surface area contributed by atoms with Gasteiger partial charge in [0.1, 0.15) is 5.75 Å². The van der Waals surface area contributed by atoms with Gasteiger partial charge in [0.05, 0.1) is 30.7 Å². The van der Waals surface area contributed by atoms with Crippen LogP contribution < -0.4 is 21.9 Å². The molecule has 0 bridgehead atoms. The number of hydrogen-bond acceptors (Lipinski definition) is 6. The molecule has 0 fully saturated rings. The van der Waals surface area contributed by atoms with Gasteiger partial charge in [-0.15, -0.1) is 0 Å². The highest BCUT2D eigenvalue weighted by molar-refractivity contribution is 5.67. The molecule has 0 saturated carbocycles. The average molecular weight is 361 g/mol. The van der Waals surface area contributed by atoms with Crippen LogP contribution >= 0.6 is 0 Å². The van der Waals surface area contributed by atoms with Gasteiger partial charge in [0.15, 0.2) is 0 Å². The Morgan fingerprint density at radius 2 is 1.58 bits per heavy atom. The molecule has 2 atom stereocenters. The van der Waals surface area contributed by atoms with Gasteiger partial charge < -0.3 is 32.2 Å². The van der Waals surface area contributed by atoms with Crippen molar-refractivity contribution in [1.29, 1.82) is 0 Å². The number of rotatable bonds is 6. The highest BCUT2D eigenvalue weighted by Gasteiger charge is 2.14. The highest BCUT2D eigenvalue weighted by Crippen LogP contribution is 2.28. The van der Waals surface area contributed by atoms with Gasteiger partial charge in [-0.2, -0.15) is 0 Å². The van der Waals surface area contributed by atoms with Crippen LogP contribution in [-0.4, -0.2) is 30.0 Å². The van der Waals surface area contributed by atoms with Gasteiger partial charge in [-0.05, 0) is 23.1 Å². The minimum Gasteiger partial charge on any atom is -0.496 e. The van der Waals surface area contributed by atoms with Crippen molar-refractivity contribution < 1.29 is 14.9 Å². The molecule has 6 heteroatoms. The molecular weight excluding hydrogens is 330 g/mol. The number of aliphatic hydroxyl groups excluding tert-OH is 2. The van der Waals surface area contributed by atoms with Crippen molar-refractivity contribution in [2.75, 3.05) is 25.1 Å². The Kier molecular flexibility index (Phi) is 8.92. The van der Waals surface area contributed by atoms with Crippen molar-refractivity contribution in [3.63, 3.8) is 0 Å². The Balaban J connectivity index is 0.000000289. The van der Waals surface area contributed by atoms with E-state index in [1.807, 2.05) is 44.2 Å². The summed E-state index contributed by atoms with van der Waals surface area (Å²) in [7, 11) is 1.58. The first-order chi connectivity index (χ1) is 12.3. The Bertz CT molecular complexity index is 663. The zero-order valence-corrected chi connectivity index (χ0v) is 15.7. The molecule has 8 N–H and O–H groups in total. The summed E-state index contributed by atoms with van der Waals surface area (Å²) in [5.41, 5.74) is 19.5. The summed E-state index contributed by atoms with van der Waals surface area (Å²) in [4.78, 5) is 0. The van der Waals surface area contributed by atoms with Gasteiger partial charge >= 0.3 is 0 Å². The molecule has 2 aromatic carbocycles. The first-order valence-corrected chi connectivity index (χ1v) is 8.63. The van der Waals surface area contributed by atoms with Gasteiger partial charge in [-0.25, -0.2) is 0 Å². The number of benzene rings is 2. The molecule has 0 heterocycles. The van der Waals surface area contributed by atoms with Crippen LogP contribution in [0, 0.1) is 5.92 Å². The van der Waals surface area contributed by atoms with Gasteiger partial charge in [-0.3, -0.25) is 0 Å². The van der Waals surface area contributed by atoms with E-state index in [-0.39, 0.29) is 12.5 Å². The molecule has 0 aliphatic heterocycles. The highest BCUT2D eigenvalue weighted by atomic mass is 16.5. The average Bonchev–Trinajstić information content (AvgIpc) is 2.64. The molecule has 0 saturated heterocycles. The fourth-order valence-electron chi connectivity index (χ4n) is 2.28. The molecule has 0 amide bonds. The minimum atomic E-state index is -0.513. The SMILES string of the molecule is COc1cc(N)c(N)cc1CC(O)C(C)C.NCC(O)c1ccccc1. The predicted molar refractivity (Wildman–Crippen MR) is 107 cm³/mol. The third kappa shape index (κ3) is 6.55. The maximum Gasteiger partial charge on any atom is 0.124 e. The topological polar surface area (TPSA) is 128 Å². The summed E-state index contributed by atoms with van der Waals surface area (Å²) < 4.78 is 5.22. The number of hydrogen-bond donors (Lipinski definition) is 5. The van der Waals surface area contributed by atoms with Crippen molar-refractivity contribution in [3.05, 3.63) is 53.6 Å². The van der Waals surface area contributed by atoms with E-state index in [1.165, 1.54) is 0 Å². The van der Waals surface area contributed by atoms with Crippen LogP contribution in [0.15, 0.2) is 42.5 Å². The Labute approximate surface area is 155 Å². The van der Waals surface area contributed by atoms with Crippen molar-refractivity contribution in [3.8, 4) is 5.75 Å². The Hall–Kier alpha value is -2.28. The summed E-state index contributed by atoms with van der Waals surface area (Å²) >= 11 is 0. The lowest BCUT2D eigenvalue weighted by Crippen LogP contribution is -2.18. The predicted octanol–water partition coefficient (Wildman–Crippen LogP) is 2.10. The van der Waals surface area contributed by atoms with E-state index in [4.69, 9.17) is 21.9 Å². The number of aliphatic hydroxyl groups is 2.